The molecule has 2 N–H and O–H groups in total. The zero-order valence-corrected chi connectivity index (χ0v) is 11.8. The number of hydrogen-bond acceptors (Lipinski definition) is 5. The van der Waals surface area contributed by atoms with Gasteiger partial charge in [0.15, 0.2) is 6.29 Å². The lowest BCUT2D eigenvalue weighted by molar-refractivity contribution is -0.284. The van der Waals surface area contributed by atoms with Gasteiger partial charge in [-0.25, -0.2) is 0 Å². The van der Waals surface area contributed by atoms with Crippen LogP contribution in [0.1, 0.15) is 12.5 Å². The van der Waals surface area contributed by atoms with E-state index in [2.05, 4.69) is 0 Å². The van der Waals surface area contributed by atoms with Crippen LogP contribution in [0.15, 0.2) is 30.3 Å². The number of ether oxygens (including phenoxy) is 3. The third kappa shape index (κ3) is 3.37. The first kappa shape index (κ1) is 15.4. The Morgan fingerprint density at radius 2 is 1.95 bits per heavy atom. The lowest BCUT2D eigenvalue weighted by Crippen LogP contribution is -2.56. The van der Waals surface area contributed by atoms with Gasteiger partial charge in [-0.1, -0.05) is 37.3 Å². The summed E-state index contributed by atoms with van der Waals surface area (Å²) in [6.45, 7) is 2.04. The predicted molar refractivity (Wildman–Crippen MR) is 72.9 cm³/mol. The summed E-state index contributed by atoms with van der Waals surface area (Å²) >= 11 is 0. The normalized spacial score (nSPS) is 34.1. The Morgan fingerprint density at radius 3 is 2.55 bits per heavy atom. The maximum atomic E-state index is 10.2. The molecule has 1 aliphatic rings. The molecule has 1 fully saturated rings. The highest BCUT2D eigenvalue weighted by atomic mass is 16.7. The third-order valence-electron chi connectivity index (χ3n) is 3.67. The molecule has 0 amide bonds. The third-order valence-corrected chi connectivity index (χ3v) is 3.67. The first-order chi connectivity index (χ1) is 9.67. The van der Waals surface area contributed by atoms with E-state index in [0.717, 1.165) is 5.56 Å². The summed E-state index contributed by atoms with van der Waals surface area (Å²) in [6, 6.07) is 9.76. The number of methoxy groups -OCH3 is 1. The minimum Gasteiger partial charge on any atom is -0.394 e. The molecule has 0 saturated carbocycles. The van der Waals surface area contributed by atoms with Crippen molar-refractivity contribution in [1.82, 2.24) is 0 Å². The number of rotatable bonds is 5. The Labute approximate surface area is 119 Å². The first-order valence-corrected chi connectivity index (χ1v) is 6.80. The fourth-order valence-electron chi connectivity index (χ4n) is 2.49. The second-order valence-electron chi connectivity index (χ2n) is 5.07. The number of benzene rings is 1. The van der Waals surface area contributed by atoms with Gasteiger partial charge in [0, 0.05) is 13.0 Å². The van der Waals surface area contributed by atoms with Gasteiger partial charge in [-0.05, 0) is 5.56 Å². The van der Waals surface area contributed by atoms with Crippen molar-refractivity contribution in [1.29, 1.82) is 0 Å². The Hall–Kier alpha value is -0.980. The molecule has 5 atom stereocenters. The standard InChI is InChI=1S/C15H22O5/c1-10-14(19-9-11-6-4-3-5-7-11)13(17)12(8-16)20-15(10)18-2/h3-7,10,12-17H,8-9H2,1-2H3/t10?,12?,13-,14+,15+/m1/s1. The molecule has 1 heterocycles. The summed E-state index contributed by atoms with van der Waals surface area (Å²) in [5, 5.41) is 19.5. The summed E-state index contributed by atoms with van der Waals surface area (Å²) in [5.41, 5.74) is 1.04. The molecular weight excluding hydrogens is 260 g/mol. The van der Waals surface area contributed by atoms with Crippen molar-refractivity contribution in [3.8, 4) is 0 Å². The van der Waals surface area contributed by atoms with Crippen LogP contribution in [-0.2, 0) is 20.8 Å². The van der Waals surface area contributed by atoms with E-state index in [1.165, 1.54) is 0 Å². The highest BCUT2D eigenvalue weighted by molar-refractivity contribution is 5.13. The molecule has 0 bridgehead atoms. The van der Waals surface area contributed by atoms with E-state index in [1.807, 2.05) is 37.3 Å². The molecule has 1 aromatic rings. The van der Waals surface area contributed by atoms with Crippen molar-refractivity contribution in [2.75, 3.05) is 13.7 Å². The second kappa shape index (κ2) is 7.15. The maximum Gasteiger partial charge on any atom is 0.162 e. The van der Waals surface area contributed by atoms with Gasteiger partial charge in [0.25, 0.3) is 0 Å². The monoisotopic (exact) mass is 282 g/mol. The van der Waals surface area contributed by atoms with Crippen LogP contribution in [0.3, 0.4) is 0 Å². The van der Waals surface area contributed by atoms with Crippen molar-refractivity contribution in [2.24, 2.45) is 5.92 Å². The van der Waals surface area contributed by atoms with Crippen molar-refractivity contribution in [2.45, 2.75) is 38.1 Å². The first-order valence-electron chi connectivity index (χ1n) is 6.80. The fourth-order valence-corrected chi connectivity index (χ4v) is 2.49. The van der Waals surface area contributed by atoms with Gasteiger partial charge in [0.2, 0.25) is 0 Å². The zero-order valence-electron chi connectivity index (χ0n) is 11.8. The Balaban J connectivity index is 2.02. The SMILES string of the molecule is CO[C@H]1OC(CO)[C@@H](O)[C@@H](OCc2ccccc2)C1C. The quantitative estimate of drug-likeness (QED) is 0.841. The Morgan fingerprint density at radius 1 is 1.25 bits per heavy atom. The highest BCUT2D eigenvalue weighted by Crippen LogP contribution is 2.29. The van der Waals surface area contributed by atoms with E-state index < -0.39 is 24.6 Å². The van der Waals surface area contributed by atoms with Crippen LogP contribution in [0.4, 0.5) is 0 Å². The smallest absolute Gasteiger partial charge is 0.162 e. The molecule has 0 spiro atoms. The van der Waals surface area contributed by atoms with Crippen molar-refractivity contribution in [3.05, 3.63) is 35.9 Å². The van der Waals surface area contributed by atoms with Crippen molar-refractivity contribution in [3.63, 3.8) is 0 Å². The molecule has 1 aliphatic heterocycles. The predicted octanol–water partition coefficient (Wildman–Crippen LogP) is 0.932. The Bertz CT molecular complexity index is 381. The highest BCUT2D eigenvalue weighted by Gasteiger charge is 2.43. The van der Waals surface area contributed by atoms with E-state index in [-0.39, 0.29) is 12.5 Å². The lowest BCUT2D eigenvalue weighted by atomic mass is 9.92. The molecule has 5 heteroatoms. The molecule has 0 aromatic heterocycles. The molecule has 2 rings (SSSR count). The summed E-state index contributed by atoms with van der Waals surface area (Å²) in [4.78, 5) is 0. The van der Waals surface area contributed by atoms with Gasteiger partial charge in [0.05, 0.1) is 19.3 Å². The van der Waals surface area contributed by atoms with Crippen LogP contribution < -0.4 is 0 Å². The fraction of sp³-hybridized carbons (Fsp3) is 0.600. The van der Waals surface area contributed by atoms with E-state index in [9.17, 15) is 10.2 Å². The molecule has 2 unspecified atom stereocenters. The van der Waals surface area contributed by atoms with Crippen LogP contribution in [0.25, 0.3) is 0 Å². The minimum absolute atomic E-state index is 0.124. The number of aliphatic hydroxyl groups excluding tert-OH is 2. The van der Waals surface area contributed by atoms with Gasteiger partial charge in [-0.15, -0.1) is 0 Å². The van der Waals surface area contributed by atoms with Crippen LogP contribution in [0.5, 0.6) is 0 Å². The van der Waals surface area contributed by atoms with Crippen molar-refractivity contribution < 1.29 is 24.4 Å². The maximum absolute atomic E-state index is 10.2. The van der Waals surface area contributed by atoms with Crippen LogP contribution in [-0.4, -0.2) is 48.5 Å². The largest absolute Gasteiger partial charge is 0.394 e. The van der Waals surface area contributed by atoms with Gasteiger partial charge < -0.3 is 24.4 Å². The molecule has 1 aromatic carbocycles. The number of aliphatic hydroxyl groups is 2. The molecule has 0 radical (unpaired) electrons. The van der Waals surface area contributed by atoms with Gasteiger partial charge in [-0.3, -0.25) is 0 Å². The average molecular weight is 282 g/mol. The number of hydrogen-bond donors (Lipinski definition) is 2. The van der Waals surface area contributed by atoms with Crippen LogP contribution in [0, 0.1) is 5.92 Å². The summed E-state index contributed by atoms with van der Waals surface area (Å²) in [5.74, 6) is -0.124. The molecule has 1 saturated heterocycles. The molecule has 20 heavy (non-hydrogen) atoms. The van der Waals surface area contributed by atoms with Gasteiger partial charge in [-0.2, -0.15) is 0 Å². The molecule has 112 valence electrons. The van der Waals surface area contributed by atoms with E-state index in [0.29, 0.717) is 6.61 Å². The summed E-state index contributed by atoms with van der Waals surface area (Å²) in [7, 11) is 1.54. The topological polar surface area (TPSA) is 68.2 Å². The second-order valence-corrected chi connectivity index (χ2v) is 5.07. The summed E-state index contributed by atoms with van der Waals surface area (Å²) in [6.07, 6.45) is -2.48. The Kier molecular flexibility index (Phi) is 5.51. The van der Waals surface area contributed by atoms with Gasteiger partial charge in [0.1, 0.15) is 12.2 Å². The van der Waals surface area contributed by atoms with Crippen LogP contribution >= 0.6 is 0 Å². The van der Waals surface area contributed by atoms with Crippen LogP contribution in [0.2, 0.25) is 0 Å². The zero-order chi connectivity index (χ0) is 14.5. The minimum atomic E-state index is -0.870. The van der Waals surface area contributed by atoms with E-state index in [4.69, 9.17) is 14.2 Å². The lowest BCUT2D eigenvalue weighted by Gasteiger charge is -2.42. The molecular formula is C15H22O5. The van der Waals surface area contributed by atoms with Gasteiger partial charge >= 0.3 is 0 Å². The average Bonchev–Trinajstić information content (AvgIpc) is 2.48. The summed E-state index contributed by atoms with van der Waals surface area (Å²) < 4.78 is 16.6. The molecule has 5 nitrogen and oxygen atoms in total. The van der Waals surface area contributed by atoms with E-state index in [1.54, 1.807) is 7.11 Å². The van der Waals surface area contributed by atoms with Crippen molar-refractivity contribution >= 4 is 0 Å². The molecule has 0 aliphatic carbocycles. The van der Waals surface area contributed by atoms with E-state index >= 15 is 0 Å².